The van der Waals surface area contributed by atoms with Crippen molar-refractivity contribution >= 4 is 29.1 Å². The summed E-state index contributed by atoms with van der Waals surface area (Å²) in [5, 5.41) is 4.05. The monoisotopic (exact) mass is 323 g/mol. The van der Waals surface area contributed by atoms with Crippen LogP contribution in [0.4, 0.5) is 0 Å². The van der Waals surface area contributed by atoms with Gasteiger partial charge in [0.25, 0.3) is 0 Å². The first-order chi connectivity index (χ1) is 10.1. The van der Waals surface area contributed by atoms with Crippen LogP contribution >= 0.6 is 23.2 Å². The molecule has 21 heavy (non-hydrogen) atoms. The van der Waals surface area contributed by atoms with Gasteiger partial charge < -0.3 is 10.1 Å². The lowest BCUT2D eigenvalue weighted by atomic mass is 10.1. The molecule has 0 aliphatic heterocycles. The van der Waals surface area contributed by atoms with Crippen LogP contribution in [0.3, 0.4) is 0 Å². The number of ether oxygens (including phenoxy) is 1. The van der Waals surface area contributed by atoms with Crippen LogP contribution in [0.1, 0.15) is 11.1 Å². The Morgan fingerprint density at radius 3 is 2.62 bits per heavy atom. The van der Waals surface area contributed by atoms with Gasteiger partial charge in [0.05, 0.1) is 13.5 Å². The normalized spacial score (nSPS) is 10.2. The van der Waals surface area contributed by atoms with Gasteiger partial charge in [0.2, 0.25) is 5.91 Å². The Morgan fingerprint density at radius 2 is 1.90 bits per heavy atom. The summed E-state index contributed by atoms with van der Waals surface area (Å²) < 4.78 is 5.22. The zero-order valence-corrected chi connectivity index (χ0v) is 13.0. The maximum Gasteiger partial charge on any atom is 0.224 e. The van der Waals surface area contributed by atoms with Gasteiger partial charge in [-0.2, -0.15) is 0 Å². The van der Waals surface area contributed by atoms with Crippen molar-refractivity contribution in [2.24, 2.45) is 0 Å². The Hall–Kier alpha value is -1.71. The summed E-state index contributed by atoms with van der Waals surface area (Å²) in [7, 11) is 1.56. The van der Waals surface area contributed by atoms with Crippen molar-refractivity contribution in [3.63, 3.8) is 0 Å². The molecule has 0 fully saturated rings. The van der Waals surface area contributed by atoms with E-state index in [1.54, 1.807) is 31.4 Å². The van der Waals surface area contributed by atoms with Crippen LogP contribution in [0.15, 0.2) is 42.5 Å². The van der Waals surface area contributed by atoms with E-state index in [0.29, 0.717) is 22.3 Å². The van der Waals surface area contributed by atoms with Crippen molar-refractivity contribution in [1.29, 1.82) is 0 Å². The first kappa shape index (κ1) is 15.7. The highest BCUT2D eigenvalue weighted by molar-refractivity contribution is 6.31. The van der Waals surface area contributed by atoms with Crippen LogP contribution < -0.4 is 10.1 Å². The van der Waals surface area contributed by atoms with E-state index < -0.39 is 0 Å². The second kappa shape index (κ2) is 7.34. The molecule has 0 unspecified atom stereocenters. The largest absolute Gasteiger partial charge is 0.496 e. The number of hydrogen-bond donors (Lipinski definition) is 1. The van der Waals surface area contributed by atoms with Gasteiger partial charge in [-0.3, -0.25) is 4.79 Å². The lowest BCUT2D eigenvalue weighted by molar-refractivity contribution is -0.120. The molecule has 0 heterocycles. The molecule has 0 bridgehead atoms. The van der Waals surface area contributed by atoms with E-state index in [9.17, 15) is 4.79 Å². The zero-order valence-electron chi connectivity index (χ0n) is 11.5. The summed E-state index contributed by atoms with van der Waals surface area (Å²) in [6, 6.07) is 12.6. The molecule has 0 saturated heterocycles. The molecule has 1 N–H and O–H groups in total. The molecule has 5 heteroatoms. The number of rotatable bonds is 5. The molecular formula is C16H15Cl2NO2. The smallest absolute Gasteiger partial charge is 0.224 e. The Balaban J connectivity index is 1.99. The molecule has 0 aliphatic rings. The van der Waals surface area contributed by atoms with Crippen LogP contribution in [-0.2, 0) is 17.8 Å². The van der Waals surface area contributed by atoms with E-state index in [1.807, 2.05) is 18.2 Å². The van der Waals surface area contributed by atoms with Crippen molar-refractivity contribution < 1.29 is 9.53 Å². The maximum absolute atomic E-state index is 12.0. The highest BCUT2D eigenvalue weighted by atomic mass is 35.5. The Morgan fingerprint density at radius 1 is 1.14 bits per heavy atom. The number of hydrogen-bond acceptors (Lipinski definition) is 2. The summed E-state index contributed by atoms with van der Waals surface area (Å²) >= 11 is 12.0. The van der Waals surface area contributed by atoms with Crippen LogP contribution in [0.2, 0.25) is 10.0 Å². The third-order valence-corrected chi connectivity index (χ3v) is 3.63. The Kier molecular flexibility index (Phi) is 5.48. The molecule has 3 nitrogen and oxygen atoms in total. The van der Waals surface area contributed by atoms with Gasteiger partial charge in [0, 0.05) is 22.2 Å². The quantitative estimate of drug-likeness (QED) is 0.907. The van der Waals surface area contributed by atoms with Crippen LogP contribution in [0.25, 0.3) is 0 Å². The maximum atomic E-state index is 12.0. The predicted molar refractivity (Wildman–Crippen MR) is 85.0 cm³/mol. The Labute approximate surface area is 133 Å². The number of benzene rings is 2. The number of halogens is 2. The number of amides is 1. The van der Waals surface area contributed by atoms with Crippen LogP contribution in [0, 0.1) is 0 Å². The summed E-state index contributed by atoms with van der Waals surface area (Å²) in [4.78, 5) is 12.0. The van der Waals surface area contributed by atoms with Gasteiger partial charge >= 0.3 is 0 Å². The van der Waals surface area contributed by atoms with E-state index in [2.05, 4.69) is 5.32 Å². The first-order valence-electron chi connectivity index (χ1n) is 6.42. The second-order valence-electron chi connectivity index (χ2n) is 4.50. The molecule has 0 aliphatic carbocycles. The minimum absolute atomic E-state index is 0.115. The van der Waals surface area contributed by atoms with E-state index in [1.165, 1.54) is 0 Å². The van der Waals surface area contributed by atoms with Gasteiger partial charge in [0.1, 0.15) is 5.75 Å². The van der Waals surface area contributed by atoms with E-state index >= 15 is 0 Å². The number of carbonyl (C=O) groups is 1. The number of carbonyl (C=O) groups excluding carboxylic acids is 1. The molecule has 0 spiro atoms. The van der Waals surface area contributed by atoms with Crippen molar-refractivity contribution in [3.05, 3.63) is 63.6 Å². The molecule has 0 aromatic heterocycles. The molecule has 2 rings (SSSR count). The molecule has 110 valence electrons. The zero-order chi connectivity index (χ0) is 15.2. The fourth-order valence-corrected chi connectivity index (χ4v) is 2.35. The van der Waals surface area contributed by atoms with E-state index in [-0.39, 0.29) is 12.3 Å². The topological polar surface area (TPSA) is 38.3 Å². The Bertz CT molecular complexity index is 644. The van der Waals surface area contributed by atoms with Crippen molar-refractivity contribution in [1.82, 2.24) is 5.32 Å². The molecule has 2 aromatic carbocycles. The second-order valence-corrected chi connectivity index (χ2v) is 5.34. The number of nitrogens with one attached hydrogen (secondary N) is 1. The van der Waals surface area contributed by atoms with Crippen molar-refractivity contribution in [3.8, 4) is 5.75 Å². The highest BCUT2D eigenvalue weighted by Crippen LogP contribution is 2.23. The summed E-state index contributed by atoms with van der Waals surface area (Å²) in [5.74, 6) is 0.530. The van der Waals surface area contributed by atoms with Gasteiger partial charge in [0.15, 0.2) is 0 Å². The SMILES string of the molecule is COc1ccc(Cl)cc1CC(=O)NCc1ccccc1Cl. The number of methoxy groups -OCH3 is 1. The van der Waals surface area contributed by atoms with Crippen molar-refractivity contribution in [2.75, 3.05) is 7.11 Å². The average Bonchev–Trinajstić information content (AvgIpc) is 2.47. The van der Waals surface area contributed by atoms with Crippen molar-refractivity contribution in [2.45, 2.75) is 13.0 Å². The standard InChI is InChI=1S/C16H15Cl2NO2/c1-21-15-7-6-13(17)8-12(15)9-16(20)19-10-11-4-2-3-5-14(11)18/h2-8H,9-10H2,1H3,(H,19,20). The fraction of sp³-hybridized carbons (Fsp3) is 0.188. The van der Waals surface area contributed by atoms with E-state index in [4.69, 9.17) is 27.9 Å². The van der Waals surface area contributed by atoms with Gasteiger partial charge in [-0.15, -0.1) is 0 Å². The molecule has 0 saturated carbocycles. The molecule has 0 radical (unpaired) electrons. The fourth-order valence-electron chi connectivity index (χ4n) is 1.96. The molecule has 0 atom stereocenters. The van der Waals surface area contributed by atoms with Crippen LogP contribution in [0.5, 0.6) is 5.75 Å². The lowest BCUT2D eigenvalue weighted by Gasteiger charge is -2.10. The molecule has 2 aromatic rings. The highest BCUT2D eigenvalue weighted by Gasteiger charge is 2.10. The molecular weight excluding hydrogens is 309 g/mol. The minimum Gasteiger partial charge on any atom is -0.496 e. The van der Waals surface area contributed by atoms with Gasteiger partial charge in [-0.1, -0.05) is 41.4 Å². The summed E-state index contributed by atoms with van der Waals surface area (Å²) in [5.41, 5.74) is 1.63. The molecule has 1 amide bonds. The van der Waals surface area contributed by atoms with Gasteiger partial charge in [-0.25, -0.2) is 0 Å². The van der Waals surface area contributed by atoms with Crippen LogP contribution in [-0.4, -0.2) is 13.0 Å². The predicted octanol–water partition coefficient (Wildman–Crippen LogP) is 3.86. The lowest BCUT2D eigenvalue weighted by Crippen LogP contribution is -2.24. The average molecular weight is 324 g/mol. The summed E-state index contributed by atoms with van der Waals surface area (Å²) in [6.45, 7) is 0.390. The third-order valence-electron chi connectivity index (χ3n) is 3.03. The van der Waals surface area contributed by atoms with Gasteiger partial charge in [-0.05, 0) is 29.8 Å². The third kappa shape index (κ3) is 4.38. The summed E-state index contributed by atoms with van der Waals surface area (Å²) in [6.07, 6.45) is 0.203. The minimum atomic E-state index is -0.115. The first-order valence-corrected chi connectivity index (χ1v) is 7.18. The van der Waals surface area contributed by atoms with E-state index in [0.717, 1.165) is 11.1 Å².